The van der Waals surface area contributed by atoms with E-state index in [0.29, 0.717) is 19.8 Å². The topological polar surface area (TPSA) is 97.9 Å². The maximum Gasteiger partial charge on any atom is 0.315 e. The lowest BCUT2D eigenvalue weighted by Gasteiger charge is -2.32. The molecule has 0 bridgehead atoms. The van der Waals surface area contributed by atoms with E-state index < -0.39 is 5.25 Å². The van der Waals surface area contributed by atoms with Crippen LogP contribution in [0, 0.1) is 5.92 Å². The molecule has 1 aromatic rings. The van der Waals surface area contributed by atoms with Crippen LogP contribution in [0.3, 0.4) is 0 Å². The summed E-state index contributed by atoms with van der Waals surface area (Å²) >= 11 is 1.42. The van der Waals surface area contributed by atoms with Gasteiger partial charge in [0, 0.05) is 19.6 Å². The summed E-state index contributed by atoms with van der Waals surface area (Å²) in [7, 11) is 3.22. The van der Waals surface area contributed by atoms with Crippen molar-refractivity contribution < 1.29 is 23.8 Å². The lowest BCUT2D eigenvalue weighted by molar-refractivity contribution is -0.122. The third-order valence-electron chi connectivity index (χ3n) is 4.65. The van der Waals surface area contributed by atoms with E-state index in [4.69, 9.17) is 14.2 Å². The molecule has 4 atom stereocenters. The minimum Gasteiger partial charge on any atom is -0.497 e. The van der Waals surface area contributed by atoms with Crippen LogP contribution in [0.4, 0.5) is 4.79 Å². The molecule has 0 spiro atoms. The Morgan fingerprint density at radius 2 is 2.00 bits per heavy atom. The molecule has 0 radical (unpaired) electrons. The van der Waals surface area contributed by atoms with Gasteiger partial charge in [-0.1, -0.05) is 19.1 Å². The molecule has 8 nitrogen and oxygen atoms in total. The Kier molecular flexibility index (Phi) is 9.56. The molecule has 0 aliphatic carbocycles. The largest absolute Gasteiger partial charge is 0.497 e. The third kappa shape index (κ3) is 7.41. The number of hydrogen-bond acceptors (Lipinski definition) is 6. The highest BCUT2D eigenvalue weighted by atomic mass is 32.2. The average Bonchev–Trinajstić information content (AvgIpc) is 2.72. The maximum atomic E-state index is 13.0. The number of carbonyl (C=O) groups is 2. The van der Waals surface area contributed by atoms with Crippen LogP contribution in [0.25, 0.3) is 0 Å². The molecular weight excluding hydrogens is 394 g/mol. The molecule has 29 heavy (non-hydrogen) atoms. The molecule has 1 aliphatic rings. The first-order valence-electron chi connectivity index (χ1n) is 9.65. The molecule has 1 heterocycles. The zero-order valence-electron chi connectivity index (χ0n) is 17.4. The van der Waals surface area contributed by atoms with Gasteiger partial charge >= 0.3 is 6.03 Å². The maximum absolute atomic E-state index is 13.0. The smallest absolute Gasteiger partial charge is 0.315 e. The van der Waals surface area contributed by atoms with Gasteiger partial charge in [0.15, 0.2) is 0 Å². The number of nitrogens with one attached hydrogen (secondary N) is 3. The van der Waals surface area contributed by atoms with Crippen molar-refractivity contribution in [1.29, 1.82) is 0 Å². The second-order valence-electron chi connectivity index (χ2n) is 6.95. The summed E-state index contributed by atoms with van der Waals surface area (Å²) in [6.07, 6.45) is 0. The van der Waals surface area contributed by atoms with E-state index in [0.717, 1.165) is 11.3 Å². The first-order valence-corrected chi connectivity index (χ1v) is 10.6. The zero-order chi connectivity index (χ0) is 21.2. The van der Waals surface area contributed by atoms with Crippen molar-refractivity contribution in [3.8, 4) is 5.75 Å². The third-order valence-corrected chi connectivity index (χ3v) is 6.21. The molecule has 162 valence electrons. The summed E-state index contributed by atoms with van der Waals surface area (Å²) in [5.41, 5.74) is 0.978. The van der Waals surface area contributed by atoms with Crippen molar-refractivity contribution in [2.45, 2.75) is 30.5 Å². The number of urea groups is 1. The predicted molar refractivity (Wildman–Crippen MR) is 113 cm³/mol. The van der Waals surface area contributed by atoms with Crippen LogP contribution < -0.4 is 20.7 Å². The molecule has 2 rings (SSSR count). The van der Waals surface area contributed by atoms with Gasteiger partial charge in [0.05, 0.1) is 38.3 Å². The summed E-state index contributed by atoms with van der Waals surface area (Å²) in [5, 5.41) is 8.08. The Bertz CT molecular complexity index is 658. The highest BCUT2D eigenvalue weighted by Gasteiger charge is 2.31. The number of thioether (sulfide) groups is 1. The van der Waals surface area contributed by atoms with Gasteiger partial charge in [-0.2, -0.15) is 0 Å². The normalized spacial score (nSPS) is 20.9. The lowest BCUT2D eigenvalue weighted by Crippen LogP contribution is -2.54. The van der Waals surface area contributed by atoms with Gasteiger partial charge in [0.25, 0.3) is 0 Å². The van der Waals surface area contributed by atoms with Crippen molar-refractivity contribution in [2.75, 3.05) is 40.6 Å². The van der Waals surface area contributed by atoms with Crippen LogP contribution in [-0.4, -0.2) is 63.1 Å². The van der Waals surface area contributed by atoms with Crippen molar-refractivity contribution in [2.24, 2.45) is 5.92 Å². The number of amides is 3. The number of rotatable bonds is 11. The summed E-state index contributed by atoms with van der Waals surface area (Å²) in [4.78, 5) is 24.7. The van der Waals surface area contributed by atoms with Crippen molar-refractivity contribution >= 4 is 23.7 Å². The summed E-state index contributed by atoms with van der Waals surface area (Å²) < 4.78 is 15.8. The van der Waals surface area contributed by atoms with E-state index in [1.165, 1.54) is 11.8 Å². The van der Waals surface area contributed by atoms with Crippen LogP contribution in [0.15, 0.2) is 24.3 Å². The van der Waals surface area contributed by atoms with Gasteiger partial charge in [-0.25, -0.2) is 4.79 Å². The van der Waals surface area contributed by atoms with Crippen LogP contribution in [0.5, 0.6) is 5.75 Å². The van der Waals surface area contributed by atoms with Gasteiger partial charge in [0.2, 0.25) is 5.91 Å². The fourth-order valence-corrected chi connectivity index (χ4v) is 4.08. The summed E-state index contributed by atoms with van der Waals surface area (Å²) in [5.74, 6) is 0.824. The van der Waals surface area contributed by atoms with Gasteiger partial charge in [-0.15, -0.1) is 11.8 Å². The SMILES string of the molecule is COCCOC[C@H](SC1NC(=O)NCC1C)C(=O)N[C@H](C)c1ccc(OC)cc1. The van der Waals surface area contributed by atoms with Gasteiger partial charge < -0.3 is 30.2 Å². The van der Waals surface area contributed by atoms with Crippen LogP contribution in [0.2, 0.25) is 0 Å². The molecule has 1 fully saturated rings. The van der Waals surface area contributed by atoms with Gasteiger partial charge in [0.1, 0.15) is 11.0 Å². The molecule has 1 aromatic carbocycles. The minimum absolute atomic E-state index is 0.129. The number of benzene rings is 1. The second-order valence-corrected chi connectivity index (χ2v) is 8.30. The predicted octanol–water partition coefficient (Wildman–Crippen LogP) is 1.91. The van der Waals surface area contributed by atoms with Crippen molar-refractivity contribution in [1.82, 2.24) is 16.0 Å². The molecule has 1 aliphatic heterocycles. The Morgan fingerprint density at radius 1 is 1.28 bits per heavy atom. The Hall–Kier alpha value is -1.97. The Balaban J connectivity index is 2.00. The standard InChI is InChI=1S/C20H31N3O5S/c1-13-11-21-20(25)23-19(13)29-17(12-28-10-9-26-3)18(24)22-14(2)15-5-7-16(27-4)8-6-15/h5-8,13-14,17,19H,9-12H2,1-4H3,(H,22,24)(H2,21,23,25)/t13?,14-,17+,19?/m1/s1. The second kappa shape index (κ2) is 11.9. The van der Waals surface area contributed by atoms with E-state index in [1.807, 2.05) is 38.1 Å². The molecule has 3 amide bonds. The Labute approximate surface area is 176 Å². The van der Waals surface area contributed by atoms with Crippen molar-refractivity contribution in [3.63, 3.8) is 0 Å². The van der Waals surface area contributed by atoms with Gasteiger partial charge in [-0.3, -0.25) is 4.79 Å². The summed E-state index contributed by atoms with van der Waals surface area (Å²) in [6, 6.07) is 7.20. The zero-order valence-corrected chi connectivity index (χ0v) is 18.2. The quantitative estimate of drug-likeness (QED) is 0.469. The minimum atomic E-state index is -0.460. The van der Waals surface area contributed by atoms with Gasteiger partial charge in [-0.05, 0) is 24.6 Å². The molecule has 9 heteroatoms. The highest BCUT2D eigenvalue weighted by Crippen LogP contribution is 2.26. The fraction of sp³-hybridized carbons (Fsp3) is 0.600. The molecule has 3 N–H and O–H groups in total. The molecule has 2 unspecified atom stereocenters. The van der Waals surface area contributed by atoms with Crippen molar-refractivity contribution in [3.05, 3.63) is 29.8 Å². The van der Waals surface area contributed by atoms with E-state index in [2.05, 4.69) is 16.0 Å². The number of carbonyl (C=O) groups excluding carboxylic acids is 2. The van der Waals surface area contributed by atoms with Crippen LogP contribution >= 0.6 is 11.8 Å². The number of hydrogen-bond donors (Lipinski definition) is 3. The molecule has 0 aromatic heterocycles. The fourth-order valence-electron chi connectivity index (χ4n) is 2.82. The first-order chi connectivity index (χ1) is 13.9. The molecule has 1 saturated heterocycles. The molecular formula is C20H31N3O5S. The number of ether oxygens (including phenoxy) is 3. The van der Waals surface area contributed by atoms with E-state index in [1.54, 1.807) is 14.2 Å². The monoisotopic (exact) mass is 425 g/mol. The van der Waals surface area contributed by atoms with E-state index in [9.17, 15) is 9.59 Å². The summed E-state index contributed by atoms with van der Waals surface area (Å²) in [6.45, 7) is 5.64. The van der Waals surface area contributed by atoms with Crippen LogP contribution in [0.1, 0.15) is 25.5 Å². The van der Waals surface area contributed by atoms with E-state index in [-0.39, 0.29) is 35.9 Å². The van der Waals surface area contributed by atoms with Crippen LogP contribution in [-0.2, 0) is 14.3 Å². The number of methoxy groups -OCH3 is 2. The average molecular weight is 426 g/mol. The highest BCUT2D eigenvalue weighted by molar-refractivity contribution is 8.01. The lowest BCUT2D eigenvalue weighted by atomic mass is 10.1. The van der Waals surface area contributed by atoms with E-state index >= 15 is 0 Å². The molecule has 0 saturated carbocycles. The first kappa shape index (κ1) is 23.3. The Morgan fingerprint density at radius 3 is 2.66 bits per heavy atom.